The Labute approximate surface area is 108 Å². The third-order valence-electron chi connectivity index (χ3n) is 2.50. The monoisotopic (exact) mass is 289 g/mol. The van der Waals surface area contributed by atoms with Gasteiger partial charge in [0.15, 0.2) is 0 Å². The summed E-state index contributed by atoms with van der Waals surface area (Å²) in [5.41, 5.74) is 0. The number of cyclic esters (lactones) is 1. The van der Waals surface area contributed by atoms with Crippen LogP contribution in [0.25, 0.3) is 0 Å². The van der Waals surface area contributed by atoms with Crippen LogP contribution in [0.2, 0.25) is 0 Å². The van der Waals surface area contributed by atoms with E-state index < -0.39 is 22.3 Å². The van der Waals surface area contributed by atoms with E-state index >= 15 is 0 Å². The fraction of sp³-hybridized carbons (Fsp3) is 0.364. The molecule has 1 saturated heterocycles. The SMILES string of the molecule is CS(=O)(=O)OCC1CNC(=O)O1.Fc1cc2ccc1=2. The molecule has 6 nitrogen and oxygen atoms in total. The van der Waals surface area contributed by atoms with E-state index in [1.165, 1.54) is 6.07 Å². The minimum atomic E-state index is -3.45. The summed E-state index contributed by atoms with van der Waals surface area (Å²) >= 11 is 0. The lowest BCUT2D eigenvalue weighted by Crippen LogP contribution is -2.22. The highest BCUT2D eigenvalue weighted by molar-refractivity contribution is 7.85. The Bertz CT molecular complexity index is 688. The Balaban J connectivity index is 0.000000159. The molecule has 1 unspecified atom stereocenters. The Morgan fingerprint density at radius 2 is 2.26 bits per heavy atom. The number of carbonyl (C=O) groups excluding carboxylic acids is 1. The molecular formula is C11H12FNO5S. The van der Waals surface area contributed by atoms with Gasteiger partial charge in [0, 0.05) is 5.22 Å². The second-order valence-electron chi connectivity index (χ2n) is 4.09. The van der Waals surface area contributed by atoms with Gasteiger partial charge in [-0.05, 0) is 11.3 Å². The molecule has 8 heteroatoms. The number of amides is 1. The van der Waals surface area contributed by atoms with Crippen LogP contribution in [-0.4, -0.2) is 40.0 Å². The molecule has 0 radical (unpaired) electrons. The van der Waals surface area contributed by atoms with E-state index in [2.05, 4.69) is 14.2 Å². The van der Waals surface area contributed by atoms with Gasteiger partial charge in [0.05, 0.1) is 12.8 Å². The molecule has 3 rings (SSSR count). The van der Waals surface area contributed by atoms with Crippen molar-refractivity contribution >= 4 is 16.2 Å². The Hall–Kier alpha value is -1.67. The van der Waals surface area contributed by atoms with Crippen molar-refractivity contribution in [3.63, 3.8) is 0 Å². The first-order valence-electron chi connectivity index (χ1n) is 5.44. The molecule has 1 N–H and O–H groups in total. The first kappa shape index (κ1) is 13.8. The lowest BCUT2D eigenvalue weighted by molar-refractivity contribution is 0.107. The summed E-state index contributed by atoms with van der Waals surface area (Å²) in [7, 11) is -3.45. The number of carbonyl (C=O) groups is 1. The summed E-state index contributed by atoms with van der Waals surface area (Å²) in [6.45, 7) is 0.159. The number of alkyl carbamates (subject to hydrolysis) is 1. The fourth-order valence-electron chi connectivity index (χ4n) is 1.47. The second-order valence-corrected chi connectivity index (χ2v) is 5.74. The van der Waals surface area contributed by atoms with Crippen LogP contribution in [0.5, 0.6) is 0 Å². The zero-order valence-electron chi connectivity index (χ0n) is 10.1. The van der Waals surface area contributed by atoms with Crippen LogP contribution in [0.1, 0.15) is 0 Å². The molecule has 1 fully saturated rings. The molecule has 3 aliphatic rings. The van der Waals surface area contributed by atoms with E-state index in [-0.39, 0.29) is 19.0 Å². The lowest BCUT2D eigenvalue weighted by atomic mass is 10.1. The van der Waals surface area contributed by atoms with Crippen molar-refractivity contribution in [1.82, 2.24) is 5.32 Å². The van der Waals surface area contributed by atoms with Crippen LogP contribution in [0.15, 0.2) is 18.2 Å². The summed E-state index contributed by atoms with van der Waals surface area (Å²) in [6.07, 6.45) is -0.110. The van der Waals surface area contributed by atoms with Crippen molar-refractivity contribution in [2.24, 2.45) is 0 Å². The van der Waals surface area contributed by atoms with Gasteiger partial charge in [-0.3, -0.25) is 4.18 Å². The molecule has 1 amide bonds. The normalized spacial score (nSPS) is 19.1. The van der Waals surface area contributed by atoms with Crippen molar-refractivity contribution in [3.8, 4) is 0 Å². The predicted molar refractivity (Wildman–Crippen MR) is 63.1 cm³/mol. The highest BCUT2D eigenvalue weighted by Gasteiger charge is 2.23. The zero-order valence-corrected chi connectivity index (χ0v) is 10.9. The van der Waals surface area contributed by atoms with Crippen LogP contribution in [0.3, 0.4) is 0 Å². The maximum atomic E-state index is 12.0. The van der Waals surface area contributed by atoms with Crippen LogP contribution >= 0.6 is 0 Å². The van der Waals surface area contributed by atoms with Gasteiger partial charge in [-0.2, -0.15) is 8.42 Å². The maximum Gasteiger partial charge on any atom is 0.407 e. The highest BCUT2D eigenvalue weighted by Crippen LogP contribution is 2.12. The lowest BCUT2D eigenvalue weighted by Gasteiger charge is -2.05. The number of benzene rings is 1. The van der Waals surface area contributed by atoms with Crippen LogP contribution < -0.4 is 5.32 Å². The van der Waals surface area contributed by atoms with Gasteiger partial charge in [-0.15, -0.1) is 0 Å². The molecule has 1 atom stereocenters. The average Bonchev–Trinajstić information content (AvgIpc) is 2.69. The molecule has 2 aliphatic carbocycles. The molecule has 1 heterocycles. The molecule has 104 valence electrons. The van der Waals surface area contributed by atoms with Gasteiger partial charge in [0.2, 0.25) is 0 Å². The smallest absolute Gasteiger partial charge is 0.407 e. The van der Waals surface area contributed by atoms with Gasteiger partial charge in [-0.1, -0.05) is 12.1 Å². The van der Waals surface area contributed by atoms with E-state index in [9.17, 15) is 17.6 Å². The standard InChI is InChI=1S/C6H3F.C5H9NO5S/c7-6-3-4-1-2-5(4)6;1-12(8,9)10-3-4-2-6-5(7)11-4/h1-3H;4H,2-3H2,1H3,(H,6,7). The van der Waals surface area contributed by atoms with Crippen LogP contribution in [0.4, 0.5) is 9.18 Å². The van der Waals surface area contributed by atoms with E-state index in [1.54, 1.807) is 6.07 Å². The molecule has 1 aliphatic heterocycles. The Kier molecular flexibility index (Phi) is 3.72. The topological polar surface area (TPSA) is 81.7 Å². The van der Waals surface area contributed by atoms with Crippen molar-refractivity contribution in [3.05, 3.63) is 34.5 Å². The van der Waals surface area contributed by atoms with Crippen LogP contribution in [0, 0.1) is 16.3 Å². The molecule has 0 aromatic rings. The highest BCUT2D eigenvalue weighted by atomic mass is 32.2. The number of rotatable bonds is 3. The molecule has 19 heavy (non-hydrogen) atoms. The second kappa shape index (κ2) is 5.14. The van der Waals surface area contributed by atoms with Gasteiger partial charge in [0.1, 0.15) is 18.5 Å². The fourth-order valence-corrected chi connectivity index (χ4v) is 1.87. The van der Waals surface area contributed by atoms with E-state index in [0.717, 1.165) is 16.7 Å². The number of hydrogen-bond acceptors (Lipinski definition) is 5. The molecular weight excluding hydrogens is 277 g/mol. The summed E-state index contributed by atoms with van der Waals surface area (Å²) < 4.78 is 42.0. The zero-order chi connectivity index (χ0) is 14.0. The Morgan fingerprint density at radius 1 is 1.53 bits per heavy atom. The third-order valence-corrected chi connectivity index (χ3v) is 3.06. The van der Waals surface area contributed by atoms with E-state index in [1.807, 2.05) is 6.07 Å². The summed E-state index contributed by atoms with van der Waals surface area (Å²) in [4.78, 5) is 10.4. The molecule has 0 spiro atoms. The minimum Gasteiger partial charge on any atom is -0.442 e. The average molecular weight is 289 g/mol. The summed E-state index contributed by atoms with van der Waals surface area (Å²) in [6, 6.07) is 5.22. The van der Waals surface area contributed by atoms with Gasteiger partial charge in [-0.25, -0.2) is 9.18 Å². The number of halogens is 1. The first-order chi connectivity index (χ1) is 8.85. The minimum absolute atomic E-state index is 0.0579. The number of ether oxygens (including phenoxy) is 1. The summed E-state index contributed by atoms with van der Waals surface area (Å²) in [5.74, 6) is -0.0579. The van der Waals surface area contributed by atoms with Crippen molar-refractivity contribution in [2.75, 3.05) is 19.4 Å². The quantitative estimate of drug-likeness (QED) is 0.832. The van der Waals surface area contributed by atoms with Gasteiger partial charge < -0.3 is 10.1 Å². The largest absolute Gasteiger partial charge is 0.442 e. The van der Waals surface area contributed by atoms with Crippen molar-refractivity contribution in [1.29, 1.82) is 0 Å². The molecule has 0 aromatic heterocycles. The van der Waals surface area contributed by atoms with Crippen molar-refractivity contribution in [2.45, 2.75) is 6.10 Å². The first-order valence-corrected chi connectivity index (χ1v) is 7.25. The Morgan fingerprint density at radius 3 is 2.53 bits per heavy atom. The van der Waals surface area contributed by atoms with Gasteiger partial charge >= 0.3 is 6.09 Å². The number of nitrogens with one attached hydrogen (secondary N) is 1. The van der Waals surface area contributed by atoms with Crippen LogP contribution in [-0.2, 0) is 19.0 Å². The summed E-state index contributed by atoms with van der Waals surface area (Å²) in [5, 5.41) is 4.24. The van der Waals surface area contributed by atoms with Crippen molar-refractivity contribution < 1.29 is 26.5 Å². The predicted octanol–water partition coefficient (Wildman–Crippen LogP) is 0.497. The molecule has 0 bridgehead atoms. The molecule has 0 aromatic carbocycles. The maximum absolute atomic E-state index is 12.0. The van der Waals surface area contributed by atoms with E-state index in [0.29, 0.717) is 0 Å². The third kappa shape index (κ3) is 3.65. The van der Waals surface area contributed by atoms with E-state index in [4.69, 9.17) is 0 Å². The number of hydrogen-bond donors (Lipinski definition) is 1. The molecule has 0 saturated carbocycles. The van der Waals surface area contributed by atoms with Gasteiger partial charge in [0.25, 0.3) is 10.1 Å².